The summed E-state index contributed by atoms with van der Waals surface area (Å²) in [7, 11) is 0. The number of ether oxygens (including phenoxy) is 1. The van der Waals surface area contributed by atoms with Gasteiger partial charge in [0.05, 0.1) is 5.56 Å². The highest BCUT2D eigenvalue weighted by Gasteiger charge is 2.24. The largest absolute Gasteiger partial charge is 0.454 e. The lowest BCUT2D eigenvalue weighted by Gasteiger charge is -2.07. The fourth-order valence-electron chi connectivity index (χ4n) is 2.91. The van der Waals surface area contributed by atoms with Crippen LogP contribution in [-0.4, -0.2) is 22.0 Å². The highest BCUT2D eigenvalue weighted by molar-refractivity contribution is 6.37. The van der Waals surface area contributed by atoms with Crippen LogP contribution in [0.4, 0.5) is 10.3 Å². The molecule has 31 heavy (non-hydrogen) atoms. The molecular formula is C23H16FN3O4. The van der Waals surface area contributed by atoms with Gasteiger partial charge in [0.1, 0.15) is 18.1 Å². The third-order valence-corrected chi connectivity index (χ3v) is 4.40. The number of esters is 1. The van der Waals surface area contributed by atoms with Crippen LogP contribution in [0.2, 0.25) is 0 Å². The average molecular weight is 417 g/mol. The molecule has 4 rings (SSSR count). The van der Waals surface area contributed by atoms with Gasteiger partial charge in [0, 0.05) is 18.0 Å². The number of pyridine rings is 1. The summed E-state index contributed by atoms with van der Waals surface area (Å²) >= 11 is 0. The Morgan fingerprint density at radius 3 is 2.35 bits per heavy atom. The SMILES string of the molecule is O=C(Nc1onc(-c2ccc(F)cc2)c1-c1ccncc1)C(=O)OCc1ccccc1. The van der Waals surface area contributed by atoms with Gasteiger partial charge in [0.2, 0.25) is 5.88 Å². The van der Waals surface area contributed by atoms with Crippen LogP contribution < -0.4 is 5.32 Å². The van der Waals surface area contributed by atoms with Crippen molar-refractivity contribution in [2.45, 2.75) is 6.61 Å². The molecule has 0 bridgehead atoms. The normalized spacial score (nSPS) is 10.5. The molecule has 7 nitrogen and oxygen atoms in total. The number of carbonyl (C=O) groups is 2. The molecule has 0 saturated carbocycles. The molecule has 0 spiro atoms. The monoisotopic (exact) mass is 417 g/mol. The first-order chi connectivity index (χ1) is 15.1. The van der Waals surface area contributed by atoms with Crippen LogP contribution in [0.5, 0.6) is 0 Å². The van der Waals surface area contributed by atoms with Gasteiger partial charge >= 0.3 is 11.9 Å². The molecule has 0 aliphatic carbocycles. The summed E-state index contributed by atoms with van der Waals surface area (Å²) in [6.07, 6.45) is 3.13. The predicted molar refractivity (Wildman–Crippen MR) is 110 cm³/mol. The number of nitrogens with zero attached hydrogens (tertiary/aromatic N) is 2. The van der Waals surface area contributed by atoms with Crippen LogP contribution in [0.3, 0.4) is 0 Å². The summed E-state index contributed by atoms with van der Waals surface area (Å²) in [5, 5.41) is 6.42. The molecular weight excluding hydrogens is 401 g/mol. The highest BCUT2D eigenvalue weighted by atomic mass is 19.1. The van der Waals surface area contributed by atoms with Crippen molar-refractivity contribution >= 4 is 17.8 Å². The van der Waals surface area contributed by atoms with E-state index in [1.54, 1.807) is 48.8 Å². The molecule has 154 valence electrons. The maximum atomic E-state index is 13.3. The lowest BCUT2D eigenvalue weighted by molar-refractivity contribution is -0.153. The van der Waals surface area contributed by atoms with Crippen molar-refractivity contribution in [3.8, 4) is 22.4 Å². The van der Waals surface area contributed by atoms with Gasteiger partial charge < -0.3 is 9.26 Å². The van der Waals surface area contributed by atoms with Crippen molar-refractivity contribution in [1.82, 2.24) is 10.1 Å². The maximum Gasteiger partial charge on any atom is 0.397 e. The second kappa shape index (κ2) is 9.00. The van der Waals surface area contributed by atoms with Crippen LogP contribution >= 0.6 is 0 Å². The summed E-state index contributed by atoms with van der Waals surface area (Å²) in [5.74, 6) is -2.50. The number of hydrogen-bond donors (Lipinski definition) is 1. The van der Waals surface area contributed by atoms with E-state index in [9.17, 15) is 14.0 Å². The van der Waals surface area contributed by atoms with Crippen LogP contribution in [0.15, 0.2) is 83.6 Å². The molecule has 0 aliphatic rings. The number of nitrogens with one attached hydrogen (secondary N) is 1. The number of amides is 1. The van der Waals surface area contributed by atoms with Gasteiger partial charge in [-0.2, -0.15) is 0 Å². The van der Waals surface area contributed by atoms with Crippen LogP contribution in [0.1, 0.15) is 5.56 Å². The minimum Gasteiger partial charge on any atom is -0.454 e. The third-order valence-electron chi connectivity index (χ3n) is 4.40. The zero-order chi connectivity index (χ0) is 21.6. The molecule has 0 unspecified atom stereocenters. The van der Waals surface area contributed by atoms with Gasteiger partial charge in [-0.1, -0.05) is 35.5 Å². The molecule has 0 aliphatic heterocycles. The van der Waals surface area contributed by atoms with Crippen LogP contribution in [-0.2, 0) is 20.9 Å². The Labute approximate surface area is 176 Å². The zero-order valence-corrected chi connectivity index (χ0v) is 16.1. The van der Waals surface area contributed by atoms with Gasteiger partial charge in [-0.25, -0.2) is 9.18 Å². The smallest absolute Gasteiger partial charge is 0.397 e. The molecule has 0 atom stereocenters. The van der Waals surface area contributed by atoms with Crippen LogP contribution in [0, 0.1) is 5.82 Å². The number of aromatic nitrogens is 2. The minimum atomic E-state index is -1.07. The van der Waals surface area contributed by atoms with E-state index < -0.39 is 17.7 Å². The summed E-state index contributed by atoms with van der Waals surface area (Å²) in [4.78, 5) is 28.5. The van der Waals surface area contributed by atoms with Crippen molar-refractivity contribution in [1.29, 1.82) is 0 Å². The first kappa shape index (κ1) is 20.0. The summed E-state index contributed by atoms with van der Waals surface area (Å²) in [6, 6.07) is 18.0. The second-order valence-electron chi connectivity index (χ2n) is 6.49. The van der Waals surface area contributed by atoms with E-state index >= 15 is 0 Å². The predicted octanol–water partition coefficient (Wildman–Crippen LogP) is 4.22. The van der Waals surface area contributed by atoms with Crippen molar-refractivity contribution < 1.29 is 23.2 Å². The van der Waals surface area contributed by atoms with E-state index in [2.05, 4.69) is 15.5 Å². The Balaban J connectivity index is 1.58. The molecule has 0 radical (unpaired) electrons. The number of rotatable bonds is 5. The lowest BCUT2D eigenvalue weighted by atomic mass is 10.0. The fourth-order valence-corrected chi connectivity index (χ4v) is 2.91. The quantitative estimate of drug-likeness (QED) is 0.386. The molecule has 4 aromatic rings. The van der Waals surface area contributed by atoms with Crippen molar-refractivity contribution in [3.63, 3.8) is 0 Å². The maximum absolute atomic E-state index is 13.3. The molecule has 0 saturated heterocycles. The number of anilines is 1. The van der Waals surface area contributed by atoms with E-state index in [0.29, 0.717) is 22.4 Å². The van der Waals surface area contributed by atoms with Crippen molar-refractivity contribution in [2.75, 3.05) is 5.32 Å². The van der Waals surface area contributed by atoms with E-state index in [1.165, 1.54) is 24.3 Å². The summed E-state index contributed by atoms with van der Waals surface area (Å²) in [6.45, 7) is -0.0401. The molecule has 0 fully saturated rings. The fraction of sp³-hybridized carbons (Fsp3) is 0.0435. The molecule has 2 aromatic heterocycles. The number of halogens is 1. The Kier molecular flexibility index (Phi) is 5.79. The lowest BCUT2D eigenvalue weighted by Crippen LogP contribution is -2.25. The highest BCUT2D eigenvalue weighted by Crippen LogP contribution is 2.37. The summed E-state index contributed by atoms with van der Waals surface area (Å²) < 4.78 is 23.7. The molecule has 1 amide bonds. The Bertz CT molecular complexity index is 1190. The van der Waals surface area contributed by atoms with E-state index in [-0.39, 0.29) is 12.5 Å². The number of hydrogen-bond acceptors (Lipinski definition) is 6. The Hall–Kier alpha value is -4.33. The zero-order valence-electron chi connectivity index (χ0n) is 16.1. The second-order valence-corrected chi connectivity index (χ2v) is 6.49. The first-order valence-corrected chi connectivity index (χ1v) is 9.30. The third kappa shape index (κ3) is 4.64. The van der Waals surface area contributed by atoms with Gasteiger partial charge in [-0.15, -0.1) is 0 Å². The number of carbonyl (C=O) groups excluding carboxylic acids is 2. The first-order valence-electron chi connectivity index (χ1n) is 9.30. The topological polar surface area (TPSA) is 94.3 Å². The molecule has 2 heterocycles. The van der Waals surface area contributed by atoms with Crippen LogP contribution in [0.25, 0.3) is 22.4 Å². The average Bonchev–Trinajstić information content (AvgIpc) is 3.22. The van der Waals surface area contributed by atoms with E-state index in [4.69, 9.17) is 9.26 Å². The standard InChI is InChI=1S/C23H16FN3O4/c24-18-8-6-17(7-9-18)20-19(16-10-12-25-13-11-16)22(31-27-20)26-21(28)23(29)30-14-15-4-2-1-3-5-15/h1-13H,14H2,(H,26,28). The summed E-state index contributed by atoms with van der Waals surface area (Å²) in [5.41, 5.74) is 2.77. The minimum absolute atomic E-state index is 0.0350. The molecule has 2 aromatic carbocycles. The Morgan fingerprint density at radius 1 is 0.935 bits per heavy atom. The van der Waals surface area contributed by atoms with Gasteiger partial charge in [-0.3, -0.25) is 15.1 Å². The van der Waals surface area contributed by atoms with E-state index in [0.717, 1.165) is 5.56 Å². The Morgan fingerprint density at radius 2 is 1.65 bits per heavy atom. The van der Waals surface area contributed by atoms with E-state index in [1.807, 2.05) is 6.07 Å². The van der Waals surface area contributed by atoms with Crippen molar-refractivity contribution in [3.05, 3.63) is 90.5 Å². The molecule has 1 N–H and O–H groups in total. The number of benzene rings is 2. The molecule has 8 heteroatoms. The van der Waals surface area contributed by atoms with Gasteiger partial charge in [-0.05, 0) is 47.5 Å². The van der Waals surface area contributed by atoms with Gasteiger partial charge in [0.15, 0.2) is 0 Å². The van der Waals surface area contributed by atoms with Crippen molar-refractivity contribution in [2.24, 2.45) is 0 Å². The van der Waals surface area contributed by atoms with Gasteiger partial charge in [0.25, 0.3) is 0 Å².